The van der Waals surface area contributed by atoms with E-state index < -0.39 is 0 Å². The topological polar surface area (TPSA) is 24.9 Å². The highest BCUT2D eigenvalue weighted by atomic mass is 79.9. The maximum atomic E-state index is 4.35. The van der Waals surface area contributed by atoms with E-state index in [-0.39, 0.29) is 0 Å². The van der Waals surface area contributed by atoms with Gasteiger partial charge in [-0.25, -0.2) is 0 Å². The van der Waals surface area contributed by atoms with Crippen LogP contribution in [0.4, 0.5) is 5.69 Å². The molecule has 21 heavy (non-hydrogen) atoms. The summed E-state index contributed by atoms with van der Waals surface area (Å²) in [4.78, 5) is 4.35. The number of halogens is 1. The van der Waals surface area contributed by atoms with Crippen LogP contribution in [0.2, 0.25) is 0 Å². The van der Waals surface area contributed by atoms with Gasteiger partial charge in [-0.3, -0.25) is 4.98 Å². The Hall–Kier alpha value is -1.87. The summed E-state index contributed by atoms with van der Waals surface area (Å²) in [6.45, 7) is 5.04. The van der Waals surface area contributed by atoms with Crippen molar-refractivity contribution >= 4 is 32.5 Å². The second kappa shape index (κ2) is 5.86. The Morgan fingerprint density at radius 3 is 2.57 bits per heavy atom. The average molecular weight is 341 g/mol. The van der Waals surface area contributed by atoms with Gasteiger partial charge in [0.1, 0.15) is 0 Å². The SMILES string of the molecule is Cc1cc(NCc2ccc3ncccc3c2)cc(C)c1Br. The summed E-state index contributed by atoms with van der Waals surface area (Å²) in [7, 11) is 0. The molecule has 1 aromatic heterocycles. The standard InChI is InChI=1S/C18H17BrN2/c1-12-8-16(9-13(2)18(12)19)21-11-14-5-6-17-15(10-14)4-3-7-20-17/h3-10,21H,11H2,1-2H3. The van der Waals surface area contributed by atoms with E-state index in [1.807, 2.05) is 12.3 Å². The summed E-state index contributed by atoms with van der Waals surface area (Å²) in [5, 5.41) is 4.67. The highest BCUT2D eigenvalue weighted by Crippen LogP contribution is 2.25. The van der Waals surface area contributed by atoms with Gasteiger partial charge >= 0.3 is 0 Å². The molecule has 0 atom stereocenters. The van der Waals surface area contributed by atoms with E-state index in [1.54, 1.807) is 0 Å². The van der Waals surface area contributed by atoms with E-state index in [2.05, 4.69) is 76.5 Å². The first-order valence-electron chi connectivity index (χ1n) is 6.98. The number of pyridine rings is 1. The van der Waals surface area contributed by atoms with Crippen LogP contribution < -0.4 is 5.32 Å². The van der Waals surface area contributed by atoms with Crippen molar-refractivity contribution in [2.45, 2.75) is 20.4 Å². The van der Waals surface area contributed by atoms with Crippen molar-refractivity contribution in [2.24, 2.45) is 0 Å². The summed E-state index contributed by atoms with van der Waals surface area (Å²) in [5.74, 6) is 0. The van der Waals surface area contributed by atoms with Crippen LogP contribution in [0.15, 0.2) is 53.1 Å². The number of hydrogen-bond donors (Lipinski definition) is 1. The maximum Gasteiger partial charge on any atom is 0.0702 e. The minimum Gasteiger partial charge on any atom is -0.381 e. The third-order valence-corrected chi connectivity index (χ3v) is 4.85. The molecule has 0 fully saturated rings. The molecular formula is C18H17BrN2. The second-order valence-electron chi connectivity index (χ2n) is 5.31. The molecule has 3 rings (SSSR count). The van der Waals surface area contributed by atoms with E-state index in [0.717, 1.165) is 17.7 Å². The fourth-order valence-electron chi connectivity index (χ4n) is 2.49. The Morgan fingerprint density at radius 2 is 1.81 bits per heavy atom. The zero-order chi connectivity index (χ0) is 14.8. The maximum absolute atomic E-state index is 4.35. The Bertz CT molecular complexity index is 773. The number of aromatic nitrogens is 1. The predicted molar refractivity (Wildman–Crippen MR) is 92.7 cm³/mol. The quantitative estimate of drug-likeness (QED) is 0.706. The average Bonchev–Trinajstić information content (AvgIpc) is 2.50. The Morgan fingerprint density at radius 1 is 1.05 bits per heavy atom. The van der Waals surface area contributed by atoms with E-state index in [4.69, 9.17) is 0 Å². The van der Waals surface area contributed by atoms with Gasteiger partial charge in [0.15, 0.2) is 0 Å². The lowest BCUT2D eigenvalue weighted by Gasteiger charge is -2.11. The van der Waals surface area contributed by atoms with Crippen LogP contribution in [0.5, 0.6) is 0 Å². The van der Waals surface area contributed by atoms with Gasteiger partial charge in [0.25, 0.3) is 0 Å². The van der Waals surface area contributed by atoms with Crippen LogP contribution in [-0.4, -0.2) is 4.98 Å². The van der Waals surface area contributed by atoms with E-state index in [0.29, 0.717) is 0 Å². The molecule has 106 valence electrons. The van der Waals surface area contributed by atoms with Crippen molar-refractivity contribution in [3.63, 3.8) is 0 Å². The summed E-state index contributed by atoms with van der Waals surface area (Å²) in [6.07, 6.45) is 1.83. The molecule has 3 heteroatoms. The summed E-state index contributed by atoms with van der Waals surface area (Å²) < 4.78 is 1.19. The highest BCUT2D eigenvalue weighted by Gasteiger charge is 2.03. The van der Waals surface area contributed by atoms with Gasteiger partial charge in [0.05, 0.1) is 5.52 Å². The van der Waals surface area contributed by atoms with Crippen LogP contribution in [0.3, 0.4) is 0 Å². The molecule has 0 saturated heterocycles. The fourth-order valence-corrected chi connectivity index (χ4v) is 2.72. The fraction of sp³-hybridized carbons (Fsp3) is 0.167. The van der Waals surface area contributed by atoms with Crippen molar-refractivity contribution < 1.29 is 0 Å². The zero-order valence-corrected chi connectivity index (χ0v) is 13.7. The van der Waals surface area contributed by atoms with Crippen LogP contribution in [0, 0.1) is 13.8 Å². The summed E-state index contributed by atoms with van der Waals surface area (Å²) in [5.41, 5.74) is 5.95. The molecular weight excluding hydrogens is 324 g/mol. The molecule has 1 N–H and O–H groups in total. The molecule has 2 nitrogen and oxygen atoms in total. The van der Waals surface area contributed by atoms with Crippen molar-refractivity contribution in [2.75, 3.05) is 5.32 Å². The van der Waals surface area contributed by atoms with Gasteiger partial charge < -0.3 is 5.32 Å². The normalized spacial score (nSPS) is 10.8. The van der Waals surface area contributed by atoms with Crippen LogP contribution in [0.1, 0.15) is 16.7 Å². The van der Waals surface area contributed by atoms with E-state index in [1.165, 1.54) is 26.5 Å². The number of nitrogens with zero attached hydrogens (tertiary/aromatic N) is 1. The van der Waals surface area contributed by atoms with Crippen LogP contribution >= 0.6 is 15.9 Å². The minimum atomic E-state index is 0.811. The minimum absolute atomic E-state index is 0.811. The molecule has 0 unspecified atom stereocenters. The largest absolute Gasteiger partial charge is 0.381 e. The van der Waals surface area contributed by atoms with Gasteiger partial charge in [0, 0.05) is 28.3 Å². The van der Waals surface area contributed by atoms with E-state index >= 15 is 0 Å². The molecule has 3 aromatic rings. The van der Waals surface area contributed by atoms with Crippen molar-refractivity contribution in [1.82, 2.24) is 4.98 Å². The molecule has 0 bridgehead atoms. The highest BCUT2D eigenvalue weighted by molar-refractivity contribution is 9.10. The Kier molecular flexibility index (Phi) is 3.93. The number of rotatable bonds is 3. The van der Waals surface area contributed by atoms with Crippen molar-refractivity contribution in [3.05, 3.63) is 69.8 Å². The van der Waals surface area contributed by atoms with Gasteiger partial charge in [-0.05, 0) is 60.9 Å². The first-order chi connectivity index (χ1) is 10.1. The third-order valence-electron chi connectivity index (χ3n) is 3.60. The molecule has 0 amide bonds. The number of fused-ring (bicyclic) bond motifs is 1. The Labute approximate surface area is 133 Å². The lowest BCUT2D eigenvalue weighted by atomic mass is 10.1. The number of anilines is 1. The summed E-state index contributed by atoms with van der Waals surface area (Å²) >= 11 is 3.60. The van der Waals surface area contributed by atoms with Gasteiger partial charge in [-0.15, -0.1) is 0 Å². The number of benzene rings is 2. The lowest BCUT2D eigenvalue weighted by molar-refractivity contribution is 1.14. The third kappa shape index (κ3) is 3.08. The molecule has 2 aromatic carbocycles. The monoisotopic (exact) mass is 340 g/mol. The van der Waals surface area contributed by atoms with Crippen LogP contribution in [0.25, 0.3) is 10.9 Å². The van der Waals surface area contributed by atoms with Gasteiger partial charge in [-0.1, -0.05) is 28.1 Å². The first-order valence-corrected chi connectivity index (χ1v) is 7.77. The van der Waals surface area contributed by atoms with Gasteiger partial charge in [-0.2, -0.15) is 0 Å². The molecule has 0 aliphatic carbocycles. The number of aryl methyl sites for hydroxylation is 2. The smallest absolute Gasteiger partial charge is 0.0702 e. The lowest BCUT2D eigenvalue weighted by Crippen LogP contribution is -2.00. The number of nitrogens with one attached hydrogen (secondary N) is 1. The zero-order valence-electron chi connectivity index (χ0n) is 12.2. The summed E-state index contributed by atoms with van der Waals surface area (Å²) in [6, 6.07) is 14.8. The molecule has 0 aliphatic heterocycles. The van der Waals surface area contributed by atoms with Gasteiger partial charge in [0.2, 0.25) is 0 Å². The molecule has 0 spiro atoms. The Balaban J connectivity index is 1.80. The molecule has 0 aliphatic rings. The molecule has 0 saturated carbocycles. The van der Waals surface area contributed by atoms with Crippen molar-refractivity contribution in [1.29, 1.82) is 0 Å². The number of hydrogen-bond acceptors (Lipinski definition) is 2. The van der Waals surface area contributed by atoms with E-state index in [9.17, 15) is 0 Å². The first kappa shape index (κ1) is 14.1. The molecule has 0 radical (unpaired) electrons. The van der Waals surface area contributed by atoms with Crippen molar-refractivity contribution in [3.8, 4) is 0 Å². The van der Waals surface area contributed by atoms with Crippen LogP contribution in [-0.2, 0) is 6.54 Å². The molecule has 1 heterocycles. The predicted octanol–water partition coefficient (Wildman–Crippen LogP) is 5.23. The second-order valence-corrected chi connectivity index (χ2v) is 6.10.